The van der Waals surface area contributed by atoms with Crippen LogP contribution in [0, 0.1) is 0 Å². The van der Waals surface area contributed by atoms with Gasteiger partial charge in [0, 0.05) is 12.8 Å². The molecule has 0 saturated heterocycles. The monoisotopic (exact) mass is 926 g/mol. The number of esters is 1. The molecule has 0 fully saturated rings. The second-order valence-corrected chi connectivity index (χ2v) is 19.6. The van der Waals surface area contributed by atoms with Gasteiger partial charge in [0.1, 0.15) is 0 Å². The van der Waals surface area contributed by atoms with Crippen molar-refractivity contribution in [3.63, 3.8) is 0 Å². The number of hydrogen-bond donors (Lipinski definition) is 3. The highest BCUT2D eigenvalue weighted by atomic mass is 16.5. The highest BCUT2D eigenvalue weighted by Crippen LogP contribution is 2.16. The number of allylic oxidation sites excluding steroid dienone is 7. The number of aliphatic hydroxyl groups is 2. The lowest BCUT2D eigenvalue weighted by Crippen LogP contribution is -2.45. The summed E-state index contributed by atoms with van der Waals surface area (Å²) in [5, 5.41) is 23.1. The first-order chi connectivity index (χ1) is 32.5. The van der Waals surface area contributed by atoms with E-state index in [2.05, 4.69) is 55.6 Å². The molecule has 0 heterocycles. The molecule has 6 nitrogen and oxygen atoms in total. The number of nitrogens with one attached hydrogen (secondary N) is 1. The third-order valence-corrected chi connectivity index (χ3v) is 13.1. The van der Waals surface area contributed by atoms with Gasteiger partial charge in [-0.25, -0.2) is 0 Å². The standard InChI is InChI=1S/C60H111NO5/c1-3-5-7-9-11-13-15-17-19-22-25-28-32-36-40-44-48-52-58(63)57(56-62)61-59(64)53-49-45-41-37-33-29-26-23-20-21-24-27-31-35-39-43-47-51-55-66-60(65)54-50-46-42-38-34-30-18-16-14-12-10-8-6-4-2/h10,12,16,18,23,26,48,52,57-58,62-63H,3-9,11,13-15,17,19-22,24-25,27-47,49-51,53-56H2,1-2H3,(H,61,64)/b12-10-,18-16-,26-23-,52-48+. The Morgan fingerprint density at radius 1 is 0.424 bits per heavy atom. The SMILES string of the molecule is CCCC/C=C\C/C=C\CCCCCCCC(=O)OCCCCCCCCCCC/C=C\CCCCCCCC(=O)NC(CO)C(O)/C=C/CCCCCCCCCCCCCCCCC. The van der Waals surface area contributed by atoms with Crippen molar-refractivity contribution >= 4 is 11.9 Å². The van der Waals surface area contributed by atoms with Crippen molar-refractivity contribution in [1.82, 2.24) is 5.32 Å². The number of amides is 1. The molecule has 0 radical (unpaired) electrons. The molecule has 0 aromatic carbocycles. The molecule has 3 N–H and O–H groups in total. The highest BCUT2D eigenvalue weighted by molar-refractivity contribution is 5.76. The zero-order valence-electron chi connectivity index (χ0n) is 43.9. The summed E-state index contributed by atoms with van der Waals surface area (Å²) in [6.45, 7) is 4.84. The van der Waals surface area contributed by atoms with Crippen molar-refractivity contribution in [3.8, 4) is 0 Å². The second kappa shape index (κ2) is 55.4. The zero-order valence-corrected chi connectivity index (χ0v) is 43.9. The van der Waals surface area contributed by atoms with Gasteiger partial charge in [-0.15, -0.1) is 0 Å². The summed E-state index contributed by atoms with van der Waals surface area (Å²) in [4.78, 5) is 24.5. The van der Waals surface area contributed by atoms with Gasteiger partial charge in [0.15, 0.2) is 0 Å². The van der Waals surface area contributed by atoms with Crippen LogP contribution in [0.1, 0.15) is 296 Å². The van der Waals surface area contributed by atoms with E-state index in [0.717, 1.165) is 70.6 Å². The molecule has 1 amide bonds. The van der Waals surface area contributed by atoms with E-state index in [1.165, 1.54) is 199 Å². The maximum absolute atomic E-state index is 12.5. The lowest BCUT2D eigenvalue weighted by Gasteiger charge is -2.20. The number of carbonyl (C=O) groups is 2. The van der Waals surface area contributed by atoms with Gasteiger partial charge in [-0.1, -0.05) is 249 Å². The van der Waals surface area contributed by atoms with E-state index < -0.39 is 12.1 Å². The second-order valence-electron chi connectivity index (χ2n) is 19.6. The van der Waals surface area contributed by atoms with Gasteiger partial charge < -0.3 is 20.3 Å². The molecule has 386 valence electrons. The summed E-state index contributed by atoms with van der Waals surface area (Å²) >= 11 is 0. The largest absolute Gasteiger partial charge is 0.466 e. The van der Waals surface area contributed by atoms with Gasteiger partial charge in [-0.05, 0) is 83.5 Å². The Hall–Kier alpha value is -2.18. The molecule has 2 unspecified atom stereocenters. The lowest BCUT2D eigenvalue weighted by molar-refractivity contribution is -0.143. The molecule has 0 aromatic rings. The van der Waals surface area contributed by atoms with Gasteiger partial charge >= 0.3 is 5.97 Å². The summed E-state index contributed by atoms with van der Waals surface area (Å²) in [7, 11) is 0. The van der Waals surface area contributed by atoms with Crippen molar-refractivity contribution < 1.29 is 24.5 Å². The van der Waals surface area contributed by atoms with Crippen molar-refractivity contribution in [3.05, 3.63) is 48.6 Å². The van der Waals surface area contributed by atoms with E-state index in [-0.39, 0.29) is 18.5 Å². The van der Waals surface area contributed by atoms with E-state index in [0.29, 0.717) is 19.4 Å². The normalized spacial score (nSPS) is 13.0. The van der Waals surface area contributed by atoms with Crippen molar-refractivity contribution in [2.75, 3.05) is 13.2 Å². The van der Waals surface area contributed by atoms with Crippen LogP contribution in [0.3, 0.4) is 0 Å². The fourth-order valence-electron chi connectivity index (χ4n) is 8.59. The number of rotatable bonds is 53. The first-order valence-corrected chi connectivity index (χ1v) is 28.9. The maximum Gasteiger partial charge on any atom is 0.305 e. The molecular weight excluding hydrogens is 815 g/mol. The van der Waals surface area contributed by atoms with Crippen LogP contribution < -0.4 is 5.32 Å². The zero-order chi connectivity index (χ0) is 47.9. The van der Waals surface area contributed by atoms with Crippen LogP contribution in [0.4, 0.5) is 0 Å². The Morgan fingerprint density at radius 2 is 0.773 bits per heavy atom. The van der Waals surface area contributed by atoms with Crippen LogP contribution in [-0.2, 0) is 14.3 Å². The van der Waals surface area contributed by atoms with E-state index in [1.54, 1.807) is 6.08 Å². The molecule has 66 heavy (non-hydrogen) atoms. The minimum Gasteiger partial charge on any atom is -0.466 e. The third-order valence-electron chi connectivity index (χ3n) is 13.1. The topological polar surface area (TPSA) is 95.9 Å². The first kappa shape index (κ1) is 63.8. The van der Waals surface area contributed by atoms with E-state index >= 15 is 0 Å². The maximum atomic E-state index is 12.5. The van der Waals surface area contributed by atoms with Gasteiger partial charge in [-0.3, -0.25) is 9.59 Å². The number of hydrogen-bond acceptors (Lipinski definition) is 5. The van der Waals surface area contributed by atoms with Gasteiger partial charge in [0.25, 0.3) is 0 Å². The molecule has 0 aliphatic carbocycles. The smallest absolute Gasteiger partial charge is 0.305 e. The first-order valence-electron chi connectivity index (χ1n) is 28.9. The highest BCUT2D eigenvalue weighted by Gasteiger charge is 2.18. The molecule has 0 spiro atoms. The molecule has 0 aliphatic rings. The molecule has 0 aliphatic heterocycles. The molecule has 0 aromatic heterocycles. The van der Waals surface area contributed by atoms with Crippen molar-refractivity contribution in [2.24, 2.45) is 0 Å². The Balaban J connectivity index is 3.50. The third kappa shape index (κ3) is 51.2. The van der Waals surface area contributed by atoms with E-state index in [1.807, 2.05) is 6.08 Å². The average Bonchev–Trinajstić information content (AvgIpc) is 3.32. The van der Waals surface area contributed by atoms with Gasteiger partial charge in [-0.2, -0.15) is 0 Å². The number of aliphatic hydroxyl groups excluding tert-OH is 2. The molecule has 0 bridgehead atoms. The summed E-state index contributed by atoms with van der Waals surface area (Å²) in [5.74, 6) is -0.0952. The fraction of sp³-hybridized carbons (Fsp3) is 0.833. The van der Waals surface area contributed by atoms with Gasteiger partial charge in [0.05, 0.1) is 25.4 Å². The number of ether oxygens (including phenoxy) is 1. The van der Waals surface area contributed by atoms with Crippen LogP contribution in [0.25, 0.3) is 0 Å². The van der Waals surface area contributed by atoms with Gasteiger partial charge in [0.2, 0.25) is 5.91 Å². The van der Waals surface area contributed by atoms with E-state index in [9.17, 15) is 19.8 Å². The summed E-state index contributed by atoms with van der Waals surface area (Å²) in [6.07, 6.45) is 69.8. The molecule has 0 rings (SSSR count). The molecular formula is C60H111NO5. The fourth-order valence-corrected chi connectivity index (χ4v) is 8.59. The average molecular weight is 927 g/mol. The minimum atomic E-state index is -0.854. The van der Waals surface area contributed by atoms with Crippen LogP contribution in [0.15, 0.2) is 48.6 Å². The predicted octanol–water partition coefficient (Wildman–Crippen LogP) is 17.8. The quantitative estimate of drug-likeness (QED) is 0.0321. The van der Waals surface area contributed by atoms with Crippen LogP contribution >= 0.6 is 0 Å². The molecule has 0 saturated carbocycles. The van der Waals surface area contributed by atoms with Crippen LogP contribution in [0.2, 0.25) is 0 Å². The number of carbonyl (C=O) groups excluding carboxylic acids is 2. The van der Waals surface area contributed by atoms with Crippen LogP contribution in [-0.4, -0.2) is 47.4 Å². The Labute approximate surface area is 410 Å². The molecule has 2 atom stereocenters. The Bertz CT molecular complexity index is 1110. The molecule has 6 heteroatoms. The summed E-state index contributed by atoms with van der Waals surface area (Å²) < 4.78 is 5.46. The number of unbranched alkanes of at least 4 members (excludes halogenated alkanes) is 36. The van der Waals surface area contributed by atoms with Crippen molar-refractivity contribution in [2.45, 2.75) is 309 Å². The predicted molar refractivity (Wildman–Crippen MR) is 287 cm³/mol. The van der Waals surface area contributed by atoms with Crippen molar-refractivity contribution in [1.29, 1.82) is 0 Å². The Kier molecular flexibility index (Phi) is 53.6. The minimum absolute atomic E-state index is 0.0130. The van der Waals surface area contributed by atoms with Crippen LogP contribution in [0.5, 0.6) is 0 Å². The Morgan fingerprint density at radius 3 is 1.21 bits per heavy atom. The van der Waals surface area contributed by atoms with E-state index in [4.69, 9.17) is 4.74 Å². The summed E-state index contributed by atoms with van der Waals surface area (Å²) in [6, 6.07) is -0.639. The lowest BCUT2D eigenvalue weighted by atomic mass is 10.0. The summed E-state index contributed by atoms with van der Waals surface area (Å²) in [5.41, 5.74) is 0.